The molecule has 2 rings (SSSR count). The number of ether oxygens (including phenoxy) is 1. The number of anilines is 2. The van der Waals surface area contributed by atoms with Gasteiger partial charge in [0.05, 0.1) is 35.7 Å². The summed E-state index contributed by atoms with van der Waals surface area (Å²) < 4.78 is 5.26. The van der Waals surface area contributed by atoms with Crippen LogP contribution in [-0.2, 0) is 4.74 Å². The Balaban J connectivity index is 2.15. The molecule has 0 spiro atoms. The lowest BCUT2D eigenvalue weighted by Gasteiger charge is -2.14. The normalized spacial score (nSPS) is 19.8. The van der Waals surface area contributed by atoms with E-state index in [2.05, 4.69) is 11.4 Å². The van der Waals surface area contributed by atoms with E-state index in [4.69, 9.17) is 15.7 Å². The van der Waals surface area contributed by atoms with E-state index >= 15 is 0 Å². The van der Waals surface area contributed by atoms with Crippen LogP contribution < -0.4 is 11.1 Å². The van der Waals surface area contributed by atoms with Crippen molar-refractivity contribution < 1.29 is 4.74 Å². The minimum atomic E-state index is 0.307. The summed E-state index contributed by atoms with van der Waals surface area (Å²) in [5.41, 5.74) is 7.92. The van der Waals surface area contributed by atoms with Crippen molar-refractivity contribution in [2.24, 2.45) is 0 Å². The van der Waals surface area contributed by atoms with E-state index in [1.165, 1.54) is 0 Å². The maximum absolute atomic E-state index is 8.77. The Bertz CT molecular complexity index is 391. The van der Waals surface area contributed by atoms with Gasteiger partial charge >= 0.3 is 0 Å². The molecule has 3 N–H and O–H groups in total. The second-order valence-electron chi connectivity index (χ2n) is 3.62. The van der Waals surface area contributed by atoms with Crippen LogP contribution in [0, 0.1) is 11.3 Å². The maximum Gasteiger partial charge on any atom is 0.0992 e. The van der Waals surface area contributed by atoms with Gasteiger partial charge < -0.3 is 15.8 Å². The second-order valence-corrected chi connectivity index (χ2v) is 3.62. The lowest BCUT2D eigenvalue weighted by atomic mass is 10.1. The van der Waals surface area contributed by atoms with Gasteiger partial charge in [-0.1, -0.05) is 0 Å². The van der Waals surface area contributed by atoms with Crippen LogP contribution in [0.2, 0.25) is 0 Å². The highest BCUT2D eigenvalue weighted by atomic mass is 16.5. The molecule has 78 valence electrons. The van der Waals surface area contributed by atoms with Crippen molar-refractivity contribution in [1.82, 2.24) is 0 Å². The van der Waals surface area contributed by atoms with Crippen LogP contribution in [0.15, 0.2) is 18.2 Å². The number of hydrogen-bond donors (Lipinski definition) is 2. The predicted molar refractivity (Wildman–Crippen MR) is 58.4 cm³/mol. The van der Waals surface area contributed by atoms with Gasteiger partial charge in [-0.3, -0.25) is 0 Å². The monoisotopic (exact) mass is 203 g/mol. The molecule has 0 saturated carbocycles. The van der Waals surface area contributed by atoms with Crippen molar-refractivity contribution >= 4 is 11.4 Å². The quantitative estimate of drug-likeness (QED) is 0.711. The molecule has 4 nitrogen and oxygen atoms in total. The highest BCUT2D eigenvalue weighted by Gasteiger charge is 2.16. The fourth-order valence-corrected chi connectivity index (χ4v) is 1.62. The summed E-state index contributed by atoms with van der Waals surface area (Å²) in [7, 11) is 0. The maximum atomic E-state index is 8.77. The first kappa shape index (κ1) is 9.81. The Hall–Kier alpha value is -1.73. The Kier molecular flexibility index (Phi) is 2.75. The number of hydrogen-bond acceptors (Lipinski definition) is 4. The minimum absolute atomic E-state index is 0.307. The molecule has 1 aromatic rings. The van der Waals surface area contributed by atoms with Crippen molar-refractivity contribution in [2.75, 3.05) is 24.3 Å². The molecule has 1 unspecified atom stereocenters. The van der Waals surface area contributed by atoms with E-state index in [0.717, 1.165) is 18.7 Å². The Morgan fingerprint density at radius 2 is 2.40 bits per heavy atom. The molecule has 0 aromatic heterocycles. The summed E-state index contributed by atoms with van der Waals surface area (Å²) in [6.45, 7) is 1.49. The van der Waals surface area contributed by atoms with Gasteiger partial charge in [0.15, 0.2) is 0 Å². The molecule has 1 aliphatic rings. The van der Waals surface area contributed by atoms with Crippen molar-refractivity contribution in [2.45, 2.75) is 12.5 Å². The third-order valence-corrected chi connectivity index (χ3v) is 2.47. The molecule has 1 aromatic carbocycles. The zero-order chi connectivity index (χ0) is 10.7. The lowest BCUT2D eigenvalue weighted by molar-refractivity contribution is 0.195. The van der Waals surface area contributed by atoms with Crippen LogP contribution >= 0.6 is 0 Å². The number of rotatable bonds is 2. The highest BCUT2D eigenvalue weighted by molar-refractivity contribution is 5.68. The summed E-state index contributed by atoms with van der Waals surface area (Å²) in [5.74, 6) is 0. The summed E-state index contributed by atoms with van der Waals surface area (Å²) in [5, 5.41) is 12.1. The van der Waals surface area contributed by atoms with E-state index in [1.54, 1.807) is 18.2 Å². The van der Waals surface area contributed by atoms with Crippen LogP contribution in [-0.4, -0.2) is 19.3 Å². The topological polar surface area (TPSA) is 71.1 Å². The standard InChI is InChI=1S/C11H13N3O/c12-6-8-1-2-10(13)11(5-8)14-9-3-4-15-7-9/h1-2,5,9,14H,3-4,7,13H2. The van der Waals surface area contributed by atoms with E-state index in [0.29, 0.717) is 23.9 Å². The molecule has 15 heavy (non-hydrogen) atoms. The first-order chi connectivity index (χ1) is 7.29. The van der Waals surface area contributed by atoms with Gasteiger partial charge in [0.1, 0.15) is 0 Å². The van der Waals surface area contributed by atoms with Gasteiger partial charge in [0.25, 0.3) is 0 Å². The second kappa shape index (κ2) is 4.20. The summed E-state index contributed by atoms with van der Waals surface area (Å²) in [4.78, 5) is 0. The van der Waals surface area contributed by atoms with Crippen molar-refractivity contribution in [3.05, 3.63) is 23.8 Å². The molecular formula is C11H13N3O. The fraction of sp³-hybridized carbons (Fsp3) is 0.364. The molecular weight excluding hydrogens is 190 g/mol. The van der Waals surface area contributed by atoms with Gasteiger partial charge in [0, 0.05) is 6.61 Å². The van der Waals surface area contributed by atoms with Crippen LogP contribution in [0.5, 0.6) is 0 Å². The zero-order valence-electron chi connectivity index (χ0n) is 8.36. The predicted octanol–water partition coefficient (Wildman–Crippen LogP) is 1.34. The number of nitrogens with zero attached hydrogens (tertiary/aromatic N) is 1. The number of benzene rings is 1. The lowest BCUT2D eigenvalue weighted by Crippen LogP contribution is -2.19. The number of nitrogen functional groups attached to an aromatic ring is 1. The molecule has 1 heterocycles. The third-order valence-electron chi connectivity index (χ3n) is 2.47. The van der Waals surface area contributed by atoms with Crippen LogP contribution in [0.3, 0.4) is 0 Å². The summed E-state index contributed by atoms with van der Waals surface area (Å²) in [6.07, 6.45) is 0.982. The van der Waals surface area contributed by atoms with E-state index in [1.807, 2.05) is 0 Å². The Morgan fingerprint density at radius 1 is 1.53 bits per heavy atom. The first-order valence-electron chi connectivity index (χ1n) is 4.93. The number of nitriles is 1. The minimum Gasteiger partial charge on any atom is -0.397 e. The average Bonchev–Trinajstić information content (AvgIpc) is 2.74. The van der Waals surface area contributed by atoms with Crippen molar-refractivity contribution in [1.29, 1.82) is 5.26 Å². The van der Waals surface area contributed by atoms with E-state index < -0.39 is 0 Å². The molecule has 1 atom stereocenters. The van der Waals surface area contributed by atoms with Crippen LogP contribution in [0.25, 0.3) is 0 Å². The first-order valence-corrected chi connectivity index (χ1v) is 4.93. The molecule has 0 aliphatic carbocycles. The molecule has 1 aliphatic heterocycles. The number of nitrogens with one attached hydrogen (secondary N) is 1. The SMILES string of the molecule is N#Cc1ccc(N)c(NC2CCOC2)c1. The fourth-order valence-electron chi connectivity index (χ4n) is 1.62. The largest absolute Gasteiger partial charge is 0.397 e. The Labute approximate surface area is 88.6 Å². The molecule has 1 fully saturated rings. The van der Waals surface area contributed by atoms with E-state index in [9.17, 15) is 0 Å². The van der Waals surface area contributed by atoms with Crippen molar-refractivity contribution in [3.8, 4) is 6.07 Å². The zero-order valence-corrected chi connectivity index (χ0v) is 8.36. The van der Waals surface area contributed by atoms with Crippen LogP contribution in [0.4, 0.5) is 11.4 Å². The van der Waals surface area contributed by atoms with Gasteiger partial charge in [-0.2, -0.15) is 5.26 Å². The van der Waals surface area contributed by atoms with Gasteiger partial charge in [-0.05, 0) is 24.6 Å². The molecule has 0 radical (unpaired) electrons. The number of nitrogens with two attached hydrogens (primary N) is 1. The van der Waals surface area contributed by atoms with Gasteiger partial charge in [-0.15, -0.1) is 0 Å². The van der Waals surface area contributed by atoms with Gasteiger partial charge in [-0.25, -0.2) is 0 Å². The molecule has 0 bridgehead atoms. The van der Waals surface area contributed by atoms with Crippen LogP contribution in [0.1, 0.15) is 12.0 Å². The third kappa shape index (κ3) is 2.20. The summed E-state index contributed by atoms with van der Waals surface area (Å²) >= 11 is 0. The van der Waals surface area contributed by atoms with Crippen molar-refractivity contribution in [3.63, 3.8) is 0 Å². The summed E-state index contributed by atoms with van der Waals surface area (Å²) in [6, 6.07) is 7.63. The van der Waals surface area contributed by atoms with Gasteiger partial charge in [0.2, 0.25) is 0 Å². The Morgan fingerprint density at radius 3 is 3.07 bits per heavy atom. The smallest absolute Gasteiger partial charge is 0.0992 e. The molecule has 4 heteroatoms. The molecule has 1 saturated heterocycles. The average molecular weight is 203 g/mol. The molecule has 0 amide bonds. The van der Waals surface area contributed by atoms with E-state index in [-0.39, 0.29) is 0 Å². The highest BCUT2D eigenvalue weighted by Crippen LogP contribution is 2.22.